The number of nitrogens with two attached hydrogens (primary N) is 1. The third kappa shape index (κ3) is 2.54. The van der Waals surface area contributed by atoms with Crippen molar-refractivity contribution in [1.82, 2.24) is 4.98 Å². The molecule has 0 saturated heterocycles. The summed E-state index contributed by atoms with van der Waals surface area (Å²) in [5.41, 5.74) is 6.82. The molecule has 1 aromatic carbocycles. The molecule has 1 atom stereocenters. The third-order valence-electron chi connectivity index (χ3n) is 2.03. The summed E-state index contributed by atoms with van der Waals surface area (Å²) in [4.78, 5) is 3.95. The zero-order valence-corrected chi connectivity index (χ0v) is 8.21. The fraction of sp³-hybridized carbons (Fsp3) is 0.0833. The summed E-state index contributed by atoms with van der Waals surface area (Å²) in [6, 6.07) is 13.3. The van der Waals surface area contributed by atoms with Gasteiger partial charge in [0.1, 0.15) is 5.75 Å². The maximum absolute atomic E-state index is 5.88. The zero-order valence-electron chi connectivity index (χ0n) is 8.21. The highest BCUT2D eigenvalue weighted by Crippen LogP contribution is 2.16. The number of pyridine rings is 1. The fourth-order valence-electron chi connectivity index (χ4n) is 1.27. The molecule has 0 bridgehead atoms. The van der Waals surface area contributed by atoms with Crippen molar-refractivity contribution < 1.29 is 4.74 Å². The molecule has 0 fully saturated rings. The lowest BCUT2D eigenvalue weighted by Gasteiger charge is -2.14. The molecule has 2 rings (SSSR count). The van der Waals surface area contributed by atoms with Crippen molar-refractivity contribution in [3.05, 3.63) is 60.4 Å². The first kappa shape index (κ1) is 9.68. The van der Waals surface area contributed by atoms with E-state index >= 15 is 0 Å². The van der Waals surface area contributed by atoms with Crippen LogP contribution >= 0.6 is 0 Å². The monoisotopic (exact) mass is 200 g/mol. The predicted molar refractivity (Wildman–Crippen MR) is 58.2 cm³/mol. The zero-order chi connectivity index (χ0) is 10.5. The molecule has 2 N–H and O–H groups in total. The molecule has 1 aromatic heterocycles. The van der Waals surface area contributed by atoms with Gasteiger partial charge in [0.25, 0.3) is 0 Å². The van der Waals surface area contributed by atoms with Crippen LogP contribution in [0.3, 0.4) is 0 Å². The van der Waals surface area contributed by atoms with Crippen molar-refractivity contribution in [2.24, 2.45) is 5.73 Å². The minimum absolute atomic E-state index is 0.449. The molecule has 0 aliphatic rings. The van der Waals surface area contributed by atoms with Crippen molar-refractivity contribution in [2.45, 2.75) is 6.23 Å². The van der Waals surface area contributed by atoms with Crippen LogP contribution in [0.15, 0.2) is 54.9 Å². The standard InChI is InChI=1S/C12H12N2O/c13-12(10-5-2-1-3-6-10)15-11-7-4-8-14-9-11/h1-9,12H,13H2. The molecule has 3 heteroatoms. The normalized spacial score (nSPS) is 12.1. The van der Waals surface area contributed by atoms with Crippen LogP contribution in [0.25, 0.3) is 0 Å². The minimum atomic E-state index is -0.449. The molecule has 76 valence electrons. The van der Waals surface area contributed by atoms with Gasteiger partial charge in [-0.05, 0) is 12.1 Å². The van der Waals surface area contributed by atoms with Crippen molar-refractivity contribution in [3.8, 4) is 5.75 Å². The first-order valence-electron chi connectivity index (χ1n) is 4.73. The average Bonchev–Trinajstić information content (AvgIpc) is 2.31. The third-order valence-corrected chi connectivity index (χ3v) is 2.03. The molecule has 0 spiro atoms. The van der Waals surface area contributed by atoms with Crippen LogP contribution in [0.4, 0.5) is 0 Å². The van der Waals surface area contributed by atoms with Crippen LogP contribution in [0.2, 0.25) is 0 Å². The summed E-state index contributed by atoms with van der Waals surface area (Å²) in [6.45, 7) is 0. The summed E-state index contributed by atoms with van der Waals surface area (Å²) in [5.74, 6) is 0.675. The first-order chi connectivity index (χ1) is 7.36. The second-order valence-electron chi connectivity index (χ2n) is 3.14. The number of aromatic nitrogens is 1. The van der Waals surface area contributed by atoms with Gasteiger partial charge in [-0.25, -0.2) is 0 Å². The second-order valence-corrected chi connectivity index (χ2v) is 3.14. The van der Waals surface area contributed by atoms with Crippen LogP contribution < -0.4 is 10.5 Å². The van der Waals surface area contributed by atoms with Crippen molar-refractivity contribution in [2.75, 3.05) is 0 Å². The molecule has 0 radical (unpaired) electrons. The van der Waals surface area contributed by atoms with E-state index in [1.54, 1.807) is 12.4 Å². The first-order valence-corrected chi connectivity index (χ1v) is 4.73. The summed E-state index contributed by atoms with van der Waals surface area (Å²) in [5, 5.41) is 0. The van der Waals surface area contributed by atoms with Gasteiger partial charge in [-0.1, -0.05) is 30.3 Å². The van der Waals surface area contributed by atoms with E-state index in [0.717, 1.165) is 5.56 Å². The molecule has 3 nitrogen and oxygen atoms in total. The van der Waals surface area contributed by atoms with E-state index in [1.165, 1.54) is 0 Å². The minimum Gasteiger partial charge on any atom is -0.470 e. The van der Waals surface area contributed by atoms with E-state index in [1.807, 2.05) is 42.5 Å². The molecule has 1 heterocycles. The average molecular weight is 200 g/mol. The van der Waals surface area contributed by atoms with E-state index in [-0.39, 0.29) is 0 Å². The van der Waals surface area contributed by atoms with Gasteiger partial charge in [-0.2, -0.15) is 0 Å². The lowest BCUT2D eigenvalue weighted by atomic mass is 10.2. The lowest BCUT2D eigenvalue weighted by Crippen LogP contribution is -2.17. The van der Waals surface area contributed by atoms with Gasteiger partial charge in [0.15, 0.2) is 6.23 Å². The molecule has 0 amide bonds. The summed E-state index contributed by atoms with van der Waals surface area (Å²) in [6.07, 6.45) is 2.89. The van der Waals surface area contributed by atoms with Crippen molar-refractivity contribution in [3.63, 3.8) is 0 Å². The van der Waals surface area contributed by atoms with E-state index in [2.05, 4.69) is 4.98 Å². The van der Waals surface area contributed by atoms with Gasteiger partial charge in [0.2, 0.25) is 0 Å². The summed E-state index contributed by atoms with van der Waals surface area (Å²) < 4.78 is 5.52. The van der Waals surface area contributed by atoms with Gasteiger partial charge in [0.05, 0.1) is 6.20 Å². The fourth-order valence-corrected chi connectivity index (χ4v) is 1.27. The Morgan fingerprint density at radius 1 is 1.07 bits per heavy atom. The summed E-state index contributed by atoms with van der Waals surface area (Å²) >= 11 is 0. The summed E-state index contributed by atoms with van der Waals surface area (Å²) in [7, 11) is 0. The van der Waals surface area contributed by atoms with Crippen LogP contribution in [-0.4, -0.2) is 4.98 Å². The number of rotatable bonds is 3. The van der Waals surface area contributed by atoms with Gasteiger partial charge in [0, 0.05) is 11.8 Å². The number of hydrogen-bond acceptors (Lipinski definition) is 3. The number of benzene rings is 1. The maximum atomic E-state index is 5.88. The van der Waals surface area contributed by atoms with Gasteiger partial charge >= 0.3 is 0 Å². The molecule has 15 heavy (non-hydrogen) atoms. The molecule has 1 unspecified atom stereocenters. The Morgan fingerprint density at radius 2 is 1.87 bits per heavy atom. The van der Waals surface area contributed by atoms with E-state index < -0.39 is 6.23 Å². The van der Waals surface area contributed by atoms with Crippen LogP contribution in [0.1, 0.15) is 11.8 Å². The molecule has 0 saturated carbocycles. The lowest BCUT2D eigenvalue weighted by molar-refractivity contribution is 0.213. The highest BCUT2D eigenvalue weighted by molar-refractivity contribution is 5.21. The molecule has 2 aromatic rings. The predicted octanol–water partition coefficient (Wildman–Crippen LogP) is 2.12. The largest absolute Gasteiger partial charge is 0.470 e. The number of nitrogens with zero attached hydrogens (tertiary/aromatic N) is 1. The molecule has 0 aliphatic carbocycles. The van der Waals surface area contributed by atoms with Crippen LogP contribution in [0.5, 0.6) is 5.75 Å². The smallest absolute Gasteiger partial charge is 0.174 e. The Balaban J connectivity index is 2.08. The Kier molecular flexibility index (Phi) is 2.95. The van der Waals surface area contributed by atoms with E-state index in [4.69, 9.17) is 10.5 Å². The van der Waals surface area contributed by atoms with E-state index in [9.17, 15) is 0 Å². The topological polar surface area (TPSA) is 48.1 Å². The number of ether oxygens (including phenoxy) is 1. The molecule has 0 aliphatic heterocycles. The molecular weight excluding hydrogens is 188 g/mol. The highest BCUT2D eigenvalue weighted by atomic mass is 16.5. The van der Waals surface area contributed by atoms with Gasteiger partial charge < -0.3 is 4.74 Å². The SMILES string of the molecule is NC(Oc1cccnc1)c1ccccc1. The van der Waals surface area contributed by atoms with Crippen molar-refractivity contribution >= 4 is 0 Å². The quantitative estimate of drug-likeness (QED) is 0.772. The van der Waals surface area contributed by atoms with Gasteiger partial charge in [-0.15, -0.1) is 0 Å². The second kappa shape index (κ2) is 4.57. The number of hydrogen-bond donors (Lipinski definition) is 1. The van der Waals surface area contributed by atoms with Crippen LogP contribution in [0, 0.1) is 0 Å². The van der Waals surface area contributed by atoms with E-state index in [0.29, 0.717) is 5.75 Å². The van der Waals surface area contributed by atoms with Crippen molar-refractivity contribution in [1.29, 1.82) is 0 Å². The maximum Gasteiger partial charge on any atom is 0.174 e. The van der Waals surface area contributed by atoms with Gasteiger partial charge in [-0.3, -0.25) is 10.7 Å². The highest BCUT2D eigenvalue weighted by Gasteiger charge is 2.05. The Labute approximate surface area is 88.5 Å². The van der Waals surface area contributed by atoms with Crippen LogP contribution in [-0.2, 0) is 0 Å². The Hall–Kier alpha value is -1.87. The Bertz CT molecular complexity index is 402. The Morgan fingerprint density at radius 3 is 2.53 bits per heavy atom. The molecular formula is C12H12N2O.